The summed E-state index contributed by atoms with van der Waals surface area (Å²) in [5.74, 6) is -0.257. The summed E-state index contributed by atoms with van der Waals surface area (Å²) < 4.78 is 17.2. The van der Waals surface area contributed by atoms with Crippen molar-refractivity contribution in [3.8, 4) is 22.6 Å². The van der Waals surface area contributed by atoms with Crippen molar-refractivity contribution in [2.24, 2.45) is 34.2 Å². The molecule has 0 unspecified atom stereocenters. The summed E-state index contributed by atoms with van der Waals surface area (Å²) in [6.45, 7) is 12.5. The second-order valence-electron chi connectivity index (χ2n) is 16.5. The number of para-hydroxylation sites is 1. The van der Waals surface area contributed by atoms with Gasteiger partial charge in [-0.05, 0) is 77.9 Å². The van der Waals surface area contributed by atoms with E-state index >= 15 is 0 Å². The monoisotopic (exact) mass is 828 g/mol. The quantitative estimate of drug-likeness (QED) is 0.0308. The molecule has 17 nitrogen and oxygen atoms in total. The van der Waals surface area contributed by atoms with Gasteiger partial charge < -0.3 is 29.7 Å². The van der Waals surface area contributed by atoms with Gasteiger partial charge in [-0.15, -0.1) is 0 Å². The molecular formula is C43H56N8O9. The highest BCUT2D eigenvalue weighted by Crippen LogP contribution is 2.48. The topological polar surface area (TPSA) is 211 Å². The minimum atomic E-state index is -1.10. The van der Waals surface area contributed by atoms with E-state index in [2.05, 4.69) is 55.3 Å². The summed E-state index contributed by atoms with van der Waals surface area (Å²) in [5.41, 5.74) is 12.6. The van der Waals surface area contributed by atoms with Crippen LogP contribution in [0.4, 0.5) is 16.2 Å². The van der Waals surface area contributed by atoms with Gasteiger partial charge in [-0.2, -0.15) is 5.06 Å². The summed E-state index contributed by atoms with van der Waals surface area (Å²) in [7, 11) is 6.88. The molecule has 1 saturated heterocycles. The van der Waals surface area contributed by atoms with Crippen LogP contribution in [0.5, 0.6) is 11.5 Å². The molecule has 60 heavy (non-hydrogen) atoms. The molecule has 1 aliphatic carbocycles. The zero-order chi connectivity index (χ0) is 44.1. The lowest BCUT2D eigenvalue weighted by atomic mass is 9.58. The zero-order valence-corrected chi connectivity index (χ0v) is 35.9. The second-order valence-corrected chi connectivity index (χ2v) is 16.5. The molecule has 3 aromatic carbocycles. The highest BCUT2D eigenvalue weighted by Gasteiger charge is 2.52. The lowest BCUT2D eigenvalue weighted by Gasteiger charge is -2.50. The number of non-ortho nitro benzene ring substituents is 1. The van der Waals surface area contributed by atoms with Crippen molar-refractivity contribution in [3.05, 3.63) is 92.3 Å². The largest absolute Gasteiger partial charge is 0.514 e. The Morgan fingerprint density at radius 3 is 2.43 bits per heavy atom. The summed E-state index contributed by atoms with van der Waals surface area (Å²) >= 11 is 0. The third-order valence-electron chi connectivity index (χ3n) is 12.7. The van der Waals surface area contributed by atoms with Crippen LogP contribution in [0.25, 0.3) is 21.6 Å². The number of benzene rings is 3. The van der Waals surface area contributed by atoms with Crippen LogP contribution in [0.15, 0.2) is 65.8 Å². The van der Waals surface area contributed by atoms with E-state index < -0.39 is 35.2 Å². The fourth-order valence-corrected chi connectivity index (χ4v) is 8.44. The highest BCUT2D eigenvalue weighted by atomic mass is 16.7. The maximum Gasteiger partial charge on any atom is 0.514 e. The third kappa shape index (κ3) is 9.75. The number of hydrogen-bond donors (Lipinski definition) is 2. The molecule has 2 N–H and O–H groups in total. The van der Waals surface area contributed by atoms with E-state index in [0.717, 1.165) is 17.7 Å². The predicted molar refractivity (Wildman–Crippen MR) is 225 cm³/mol. The molecule has 1 heterocycles. The molecule has 2 amide bonds. The van der Waals surface area contributed by atoms with Gasteiger partial charge in [-0.25, -0.2) is 4.79 Å². The Kier molecular flexibility index (Phi) is 14.3. The van der Waals surface area contributed by atoms with Crippen LogP contribution in [-0.2, 0) is 20.9 Å². The van der Waals surface area contributed by atoms with Gasteiger partial charge in [0.25, 0.3) is 11.6 Å². The van der Waals surface area contributed by atoms with Crippen molar-refractivity contribution < 1.29 is 38.4 Å². The van der Waals surface area contributed by atoms with Crippen LogP contribution in [0, 0.1) is 39.2 Å². The summed E-state index contributed by atoms with van der Waals surface area (Å²) in [6.07, 6.45) is -2.30. The molecular weight excluding hydrogens is 773 g/mol. The van der Waals surface area contributed by atoms with E-state index in [-0.39, 0.29) is 59.6 Å². The number of anilines is 1. The SMILES string of the molecule is CNC(=O)c1cc(-c2cccc(CN3O[C@@H](CN=[N+]=[N-])[C@@H]([C@H](C)OC(=O)Oc4ccc([N+](=O)[O-])cc4)[C@H]3C(=O)N[C@H]3C[C@@H](C)C(C)(C)[C@@H](C)[C@@H]3C)c2OC)cc(N(C)C)c1. The molecule has 0 aromatic heterocycles. The molecule has 0 bridgehead atoms. The molecule has 0 radical (unpaired) electrons. The first-order valence-corrected chi connectivity index (χ1v) is 20.0. The number of hydroxylamine groups is 2. The molecule has 8 atom stereocenters. The van der Waals surface area contributed by atoms with Crippen LogP contribution in [0.2, 0.25) is 0 Å². The molecule has 3 aromatic rings. The lowest BCUT2D eigenvalue weighted by molar-refractivity contribution is -0.384. The number of nitrogens with one attached hydrogen (secondary N) is 2. The molecule has 17 heteroatoms. The normalized spacial score (nSPS) is 24.0. The molecule has 322 valence electrons. The lowest BCUT2D eigenvalue weighted by Crippen LogP contribution is -2.57. The standard InChI is InChI=1S/C43H56N8O9/c1-24-18-35(25(2)26(3)43(24,5)6)47-41(53)38-37(27(4)58-42(54)59-33-16-14-31(15-17-33)51(55)56)36(22-46-48-44)60-50(38)23-28-12-11-13-34(39(28)57-10)29-19-30(40(52)45-7)21-32(20-29)49(8)9/h11-17,19-21,24-27,35-38H,18,22-23H2,1-10H3,(H,45,52)(H,47,53)/t24-,25+,26+,27+,35+,36+,37-,38+/m1/s1. The van der Waals surface area contributed by atoms with E-state index in [1.165, 1.54) is 29.3 Å². The zero-order valence-electron chi connectivity index (χ0n) is 35.9. The maximum atomic E-state index is 14.9. The number of carbonyl (C=O) groups is 3. The van der Waals surface area contributed by atoms with Gasteiger partial charge in [0.1, 0.15) is 23.6 Å². The van der Waals surface area contributed by atoms with Crippen molar-refractivity contribution in [1.82, 2.24) is 15.7 Å². The Labute approximate surface area is 350 Å². The number of carbonyl (C=O) groups excluding carboxylic acids is 3. The maximum absolute atomic E-state index is 14.9. The minimum Gasteiger partial charge on any atom is -0.496 e. The highest BCUT2D eigenvalue weighted by molar-refractivity contribution is 5.97. The van der Waals surface area contributed by atoms with Gasteiger partial charge in [0.05, 0.1) is 37.1 Å². The number of azide groups is 1. The van der Waals surface area contributed by atoms with E-state index in [9.17, 15) is 30.0 Å². The third-order valence-corrected chi connectivity index (χ3v) is 12.7. The number of ether oxygens (including phenoxy) is 3. The van der Waals surface area contributed by atoms with Crippen molar-refractivity contribution in [1.29, 1.82) is 0 Å². The van der Waals surface area contributed by atoms with Crippen molar-refractivity contribution >= 4 is 29.3 Å². The molecule has 2 fully saturated rings. The summed E-state index contributed by atoms with van der Waals surface area (Å²) in [4.78, 5) is 62.8. The summed E-state index contributed by atoms with van der Waals surface area (Å²) in [6, 6.07) is 14.8. The Balaban J connectivity index is 1.54. The fourth-order valence-electron chi connectivity index (χ4n) is 8.44. The first kappa shape index (κ1) is 45.2. The first-order valence-electron chi connectivity index (χ1n) is 20.0. The fraction of sp³-hybridized carbons (Fsp3) is 0.512. The van der Waals surface area contributed by atoms with Crippen LogP contribution in [0.1, 0.15) is 63.9 Å². The molecule has 5 rings (SSSR count). The molecule has 0 spiro atoms. The Bertz CT molecular complexity index is 2110. The average molecular weight is 829 g/mol. The number of methoxy groups -OCH3 is 1. The Morgan fingerprint density at radius 1 is 1.12 bits per heavy atom. The van der Waals surface area contributed by atoms with Gasteiger partial charge >= 0.3 is 6.16 Å². The number of rotatable bonds is 14. The number of amides is 2. The summed E-state index contributed by atoms with van der Waals surface area (Å²) in [5, 5.41) is 22.5. The number of nitro groups is 1. The van der Waals surface area contributed by atoms with E-state index in [1.54, 1.807) is 33.2 Å². The molecule has 1 saturated carbocycles. The van der Waals surface area contributed by atoms with Crippen molar-refractivity contribution in [2.45, 2.75) is 78.8 Å². The van der Waals surface area contributed by atoms with Crippen molar-refractivity contribution in [3.63, 3.8) is 0 Å². The van der Waals surface area contributed by atoms with Gasteiger partial charge in [-0.1, -0.05) is 57.9 Å². The smallest absolute Gasteiger partial charge is 0.496 e. The van der Waals surface area contributed by atoms with Gasteiger partial charge in [-0.3, -0.25) is 24.5 Å². The average Bonchev–Trinajstić information content (AvgIpc) is 3.58. The Morgan fingerprint density at radius 2 is 1.82 bits per heavy atom. The van der Waals surface area contributed by atoms with E-state index in [1.807, 2.05) is 43.3 Å². The van der Waals surface area contributed by atoms with Gasteiger partial charge in [0, 0.05) is 66.6 Å². The van der Waals surface area contributed by atoms with Crippen molar-refractivity contribution in [2.75, 3.05) is 39.7 Å². The van der Waals surface area contributed by atoms with E-state index in [0.29, 0.717) is 28.4 Å². The second kappa shape index (κ2) is 19.0. The van der Waals surface area contributed by atoms with Gasteiger partial charge in [0.15, 0.2) is 0 Å². The number of nitro benzene ring substituents is 1. The number of nitrogens with zero attached hydrogens (tertiary/aromatic N) is 6. The number of hydrogen-bond acceptors (Lipinski definition) is 12. The van der Waals surface area contributed by atoms with Crippen LogP contribution < -0.4 is 25.0 Å². The molecule has 1 aliphatic heterocycles. The van der Waals surface area contributed by atoms with Crippen LogP contribution in [-0.4, -0.2) is 87.0 Å². The molecule has 2 aliphatic rings. The Hall–Kier alpha value is -5.90. The predicted octanol–water partition coefficient (Wildman–Crippen LogP) is 7.53. The van der Waals surface area contributed by atoms with E-state index in [4.69, 9.17) is 19.0 Å². The first-order chi connectivity index (χ1) is 28.4. The van der Waals surface area contributed by atoms with Crippen LogP contribution in [0.3, 0.4) is 0 Å². The van der Waals surface area contributed by atoms with Gasteiger partial charge in [0.2, 0.25) is 5.91 Å². The minimum absolute atomic E-state index is 0.0185. The van der Waals surface area contributed by atoms with Crippen LogP contribution >= 0.6 is 0 Å².